The molecule has 0 bridgehead atoms. The van der Waals surface area contributed by atoms with Crippen molar-refractivity contribution in [3.05, 3.63) is 64.1 Å². The molecule has 0 unspecified atom stereocenters. The quantitative estimate of drug-likeness (QED) is 0.519. The van der Waals surface area contributed by atoms with E-state index < -0.39 is 0 Å². The van der Waals surface area contributed by atoms with Gasteiger partial charge in [-0.05, 0) is 30.3 Å². The van der Waals surface area contributed by atoms with Crippen molar-refractivity contribution in [3.63, 3.8) is 0 Å². The molecule has 0 aliphatic rings. The van der Waals surface area contributed by atoms with Gasteiger partial charge in [0.1, 0.15) is 0 Å². The summed E-state index contributed by atoms with van der Waals surface area (Å²) in [6.07, 6.45) is 1.58. The third-order valence-electron chi connectivity index (χ3n) is 2.45. The number of amides is 1. The molecule has 1 amide bonds. The van der Waals surface area contributed by atoms with Gasteiger partial charge in [0.05, 0.1) is 6.21 Å². The van der Waals surface area contributed by atoms with Gasteiger partial charge in [-0.15, -0.1) is 0 Å². The zero-order valence-electron chi connectivity index (χ0n) is 10.0. The van der Waals surface area contributed by atoms with Crippen LogP contribution in [-0.4, -0.2) is 12.1 Å². The highest BCUT2D eigenvalue weighted by molar-refractivity contribution is 9.10. The minimum Gasteiger partial charge on any atom is -0.399 e. The fourth-order valence-corrected chi connectivity index (χ4v) is 1.83. The molecule has 0 atom stereocenters. The molecule has 4 nitrogen and oxygen atoms in total. The number of carbonyl (C=O) groups is 1. The van der Waals surface area contributed by atoms with E-state index in [1.165, 1.54) is 0 Å². The Morgan fingerprint density at radius 3 is 2.53 bits per heavy atom. The van der Waals surface area contributed by atoms with Crippen molar-refractivity contribution in [2.24, 2.45) is 5.10 Å². The average molecular weight is 318 g/mol. The number of carbonyl (C=O) groups excluding carboxylic acids is 1. The fraction of sp³-hybridized carbons (Fsp3) is 0. The summed E-state index contributed by atoms with van der Waals surface area (Å²) in [5.41, 5.74) is 10.0. The summed E-state index contributed by atoms with van der Waals surface area (Å²) in [5.74, 6) is -0.275. The van der Waals surface area contributed by atoms with E-state index in [9.17, 15) is 4.79 Å². The number of benzene rings is 2. The van der Waals surface area contributed by atoms with Crippen molar-refractivity contribution in [3.8, 4) is 0 Å². The van der Waals surface area contributed by atoms with E-state index in [4.69, 9.17) is 5.73 Å². The van der Waals surface area contributed by atoms with E-state index in [1.807, 2.05) is 24.3 Å². The van der Waals surface area contributed by atoms with Crippen LogP contribution in [0.2, 0.25) is 0 Å². The lowest BCUT2D eigenvalue weighted by molar-refractivity contribution is 0.0955. The Kier molecular flexibility index (Phi) is 4.30. The Morgan fingerprint density at radius 2 is 1.84 bits per heavy atom. The molecule has 0 aliphatic heterocycles. The number of nitrogens with zero attached hydrogens (tertiary/aromatic N) is 1. The lowest BCUT2D eigenvalue weighted by Gasteiger charge is -2.00. The van der Waals surface area contributed by atoms with E-state index in [-0.39, 0.29) is 5.91 Å². The Morgan fingerprint density at radius 1 is 1.16 bits per heavy atom. The summed E-state index contributed by atoms with van der Waals surface area (Å²) in [6, 6.07) is 14.3. The van der Waals surface area contributed by atoms with Gasteiger partial charge in [-0.25, -0.2) is 5.43 Å². The predicted octanol–water partition coefficient (Wildman–Crippen LogP) is 2.80. The van der Waals surface area contributed by atoms with Gasteiger partial charge < -0.3 is 5.73 Å². The first-order chi connectivity index (χ1) is 9.16. The van der Waals surface area contributed by atoms with Gasteiger partial charge in [0.15, 0.2) is 0 Å². The SMILES string of the molecule is Nc1ccc(C(=O)N/N=C/c2ccccc2Br)cc1. The molecule has 0 saturated carbocycles. The van der Waals surface area contributed by atoms with Gasteiger partial charge in [0.25, 0.3) is 5.91 Å². The Hall–Kier alpha value is -2.14. The third-order valence-corrected chi connectivity index (χ3v) is 3.17. The second-order valence-electron chi connectivity index (χ2n) is 3.84. The number of hydrazone groups is 1. The summed E-state index contributed by atoms with van der Waals surface area (Å²) in [4.78, 5) is 11.8. The molecule has 3 N–H and O–H groups in total. The maximum absolute atomic E-state index is 11.8. The van der Waals surface area contributed by atoms with Crippen molar-refractivity contribution in [2.75, 3.05) is 5.73 Å². The molecular formula is C14H12BrN3O. The molecule has 2 aromatic rings. The minimum atomic E-state index is -0.275. The molecule has 0 saturated heterocycles. The molecule has 0 aromatic heterocycles. The normalized spacial score (nSPS) is 10.6. The number of hydrogen-bond donors (Lipinski definition) is 2. The summed E-state index contributed by atoms with van der Waals surface area (Å²) >= 11 is 3.40. The number of nitrogen functional groups attached to an aromatic ring is 1. The maximum atomic E-state index is 11.8. The second-order valence-corrected chi connectivity index (χ2v) is 4.70. The van der Waals surface area contributed by atoms with Crippen LogP contribution in [0.15, 0.2) is 58.1 Å². The number of halogens is 1. The van der Waals surface area contributed by atoms with Crippen molar-refractivity contribution in [2.45, 2.75) is 0 Å². The summed E-state index contributed by atoms with van der Waals surface area (Å²) in [5, 5.41) is 3.92. The highest BCUT2D eigenvalue weighted by Crippen LogP contribution is 2.13. The van der Waals surface area contributed by atoms with Gasteiger partial charge in [0, 0.05) is 21.3 Å². The van der Waals surface area contributed by atoms with Crippen LogP contribution in [0.5, 0.6) is 0 Å². The molecule has 0 heterocycles. The molecule has 2 rings (SSSR count). The van der Waals surface area contributed by atoms with Gasteiger partial charge in [-0.1, -0.05) is 34.1 Å². The first-order valence-corrected chi connectivity index (χ1v) is 6.39. The largest absolute Gasteiger partial charge is 0.399 e. The number of rotatable bonds is 3. The van der Waals surface area contributed by atoms with Gasteiger partial charge in [-0.3, -0.25) is 4.79 Å². The highest BCUT2D eigenvalue weighted by Gasteiger charge is 2.02. The van der Waals surface area contributed by atoms with Crippen LogP contribution in [0.4, 0.5) is 5.69 Å². The van der Waals surface area contributed by atoms with E-state index >= 15 is 0 Å². The van der Waals surface area contributed by atoms with Crippen LogP contribution in [-0.2, 0) is 0 Å². The van der Waals surface area contributed by atoms with E-state index in [0.29, 0.717) is 11.3 Å². The lowest BCUT2D eigenvalue weighted by atomic mass is 10.2. The Labute approximate surface area is 119 Å². The van der Waals surface area contributed by atoms with E-state index in [1.54, 1.807) is 30.5 Å². The van der Waals surface area contributed by atoms with Crippen molar-refractivity contribution in [1.82, 2.24) is 5.43 Å². The fourth-order valence-electron chi connectivity index (χ4n) is 1.44. The number of nitrogens with two attached hydrogens (primary N) is 1. The zero-order valence-corrected chi connectivity index (χ0v) is 11.6. The molecule has 19 heavy (non-hydrogen) atoms. The third kappa shape index (κ3) is 3.66. The van der Waals surface area contributed by atoms with Crippen molar-refractivity contribution >= 4 is 33.7 Å². The van der Waals surface area contributed by atoms with Crippen molar-refractivity contribution in [1.29, 1.82) is 0 Å². The predicted molar refractivity (Wildman–Crippen MR) is 80.1 cm³/mol. The lowest BCUT2D eigenvalue weighted by Crippen LogP contribution is -2.17. The molecule has 0 radical (unpaired) electrons. The maximum Gasteiger partial charge on any atom is 0.271 e. The summed E-state index contributed by atoms with van der Waals surface area (Å²) in [7, 11) is 0. The number of hydrogen-bond acceptors (Lipinski definition) is 3. The van der Waals surface area contributed by atoms with E-state index in [0.717, 1.165) is 10.0 Å². The number of anilines is 1. The molecule has 96 valence electrons. The second kappa shape index (κ2) is 6.15. The standard InChI is InChI=1S/C14H12BrN3O/c15-13-4-2-1-3-11(13)9-17-18-14(19)10-5-7-12(16)8-6-10/h1-9H,16H2,(H,18,19)/b17-9+. The van der Waals surface area contributed by atoms with Crippen LogP contribution >= 0.6 is 15.9 Å². The molecule has 2 aromatic carbocycles. The Bertz CT molecular complexity index is 608. The van der Waals surface area contributed by atoms with Gasteiger partial charge in [0.2, 0.25) is 0 Å². The van der Waals surface area contributed by atoms with Gasteiger partial charge >= 0.3 is 0 Å². The zero-order chi connectivity index (χ0) is 13.7. The van der Waals surface area contributed by atoms with Crippen LogP contribution in [0.25, 0.3) is 0 Å². The summed E-state index contributed by atoms with van der Waals surface area (Å²) < 4.78 is 0.917. The van der Waals surface area contributed by atoms with Crippen LogP contribution in [0, 0.1) is 0 Å². The van der Waals surface area contributed by atoms with Crippen LogP contribution in [0.3, 0.4) is 0 Å². The molecule has 0 fully saturated rings. The van der Waals surface area contributed by atoms with Crippen LogP contribution < -0.4 is 11.2 Å². The topological polar surface area (TPSA) is 67.5 Å². The first-order valence-electron chi connectivity index (χ1n) is 5.60. The Balaban J connectivity index is 2.01. The molecule has 0 spiro atoms. The molecular weight excluding hydrogens is 306 g/mol. The monoisotopic (exact) mass is 317 g/mol. The molecule has 0 aliphatic carbocycles. The first kappa shape index (κ1) is 13.3. The minimum absolute atomic E-state index is 0.275. The van der Waals surface area contributed by atoms with Gasteiger partial charge in [-0.2, -0.15) is 5.10 Å². The van der Waals surface area contributed by atoms with Crippen molar-refractivity contribution < 1.29 is 4.79 Å². The molecule has 5 heteroatoms. The average Bonchev–Trinajstić information content (AvgIpc) is 2.41. The number of nitrogens with one attached hydrogen (secondary N) is 1. The van der Waals surface area contributed by atoms with Crippen LogP contribution in [0.1, 0.15) is 15.9 Å². The van der Waals surface area contributed by atoms with E-state index in [2.05, 4.69) is 26.5 Å². The summed E-state index contributed by atoms with van der Waals surface area (Å²) in [6.45, 7) is 0. The highest BCUT2D eigenvalue weighted by atomic mass is 79.9. The smallest absolute Gasteiger partial charge is 0.271 e.